The topological polar surface area (TPSA) is 69.6 Å². The molecule has 0 aliphatic heterocycles. The zero-order chi connectivity index (χ0) is 22.2. The Bertz CT molecular complexity index is 1440. The van der Waals surface area contributed by atoms with E-state index in [0.29, 0.717) is 22.5 Å². The number of thiazole rings is 1. The van der Waals surface area contributed by atoms with Crippen LogP contribution in [0.2, 0.25) is 0 Å². The lowest BCUT2D eigenvalue weighted by Crippen LogP contribution is -2.08. The van der Waals surface area contributed by atoms with Gasteiger partial charge in [-0.25, -0.2) is 9.37 Å². The molecule has 0 amide bonds. The van der Waals surface area contributed by atoms with Gasteiger partial charge in [0.1, 0.15) is 22.3 Å². The van der Waals surface area contributed by atoms with Gasteiger partial charge in [0.05, 0.1) is 29.6 Å². The van der Waals surface area contributed by atoms with Crippen molar-refractivity contribution in [2.24, 2.45) is 0 Å². The molecule has 3 heterocycles. The first-order chi connectivity index (χ1) is 15.6. The molecule has 0 bridgehead atoms. The van der Waals surface area contributed by atoms with Crippen molar-refractivity contribution in [1.29, 1.82) is 0 Å². The third-order valence-electron chi connectivity index (χ3n) is 5.31. The molecular weight excluding hydrogens is 425 g/mol. The predicted octanol–water partition coefficient (Wildman–Crippen LogP) is 5.69. The molecule has 0 fully saturated rings. The Morgan fingerprint density at radius 2 is 1.81 bits per heavy atom. The van der Waals surface area contributed by atoms with E-state index in [1.807, 2.05) is 47.8 Å². The molecule has 158 valence electrons. The maximum absolute atomic E-state index is 13.3. The van der Waals surface area contributed by atoms with Crippen LogP contribution in [0.4, 0.5) is 10.1 Å². The van der Waals surface area contributed by atoms with Crippen molar-refractivity contribution in [2.75, 3.05) is 12.8 Å². The smallest absolute Gasteiger partial charge is 0.211 e. The Morgan fingerprint density at radius 1 is 1.06 bits per heavy atom. The average molecular weight is 444 g/mol. The first-order valence-corrected chi connectivity index (χ1v) is 10.7. The summed E-state index contributed by atoms with van der Waals surface area (Å²) in [5.74, 6) is 0.0989. The fourth-order valence-electron chi connectivity index (χ4n) is 3.71. The molecular formula is C25H18FN3O2S. The van der Waals surface area contributed by atoms with Gasteiger partial charge in [0.25, 0.3) is 0 Å². The molecule has 0 unspecified atom stereocenters. The maximum Gasteiger partial charge on any atom is 0.211 e. The molecule has 2 N–H and O–H groups in total. The van der Waals surface area contributed by atoms with E-state index >= 15 is 0 Å². The quantitative estimate of drug-likeness (QED) is 0.354. The molecule has 0 saturated heterocycles. The van der Waals surface area contributed by atoms with E-state index in [1.54, 1.807) is 17.7 Å². The Labute approximate surface area is 187 Å². The van der Waals surface area contributed by atoms with Gasteiger partial charge in [0.2, 0.25) is 5.78 Å². The highest BCUT2D eigenvalue weighted by Gasteiger charge is 2.25. The highest BCUT2D eigenvalue weighted by molar-refractivity contribution is 7.13. The molecule has 7 heteroatoms. The number of hydrogen-bond acceptors (Lipinski definition) is 5. The number of carbonyl (C=O) groups is 1. The summed E-state index contributed by atoms with van der Waals surface area (Å²) in [5, 5.41) is 2.68. The number of nitrogens with two attached hydrogens (primary N) is 1. The van der Waals surface area contributed by atoms with Crippen LogP contribution >= 0.6 is 11.3 Å². The van der Waals surface area contributed by atoms with Gasteiger partial charge in [-0.3, -0.25) is 4.79 Å². The Morgan fingerprint density at radius 3 is 2.53 bits per heavy atom. The molecule has 5 rings (SSSR count). The van der Waals surface area contributed by atoms with E-state index in [-0.39, 0.29) is 5.78 Å². The molecule has 0 radical (unpaired) electrons. The van der Waals surface area contributed by atoms with E-state index in [1.165, 1.54) is 35.6 Å². The minimum atomic E-state index is -0.399. The van der Waals surface area contributed by atoms with Crippen LogP contribution < -0.4 is 10.5 Å². The van der Waals surface area contributed by atoms with Crippen LogP contribution in [0, 0.1) is 5.82 Å². The van der Waals surface area contributed by atoms with Gasteiger partial charge in [0.15, 0.2) is 0 Å². The number of aromatic nitrogens is 2. The van der Waals surface area contributed by atoms with Crippen molar-refractivity contribution >= 4 is 28.3 Å². The number of carbonyl (C=O) groups excluding carboxylic acids is 1. The lowest BCUT2D eigenvalue weighted by atomic mass is 10.1. The van der Waals surface area contributed by atoms with Crippen molar-refractivity contribution in [3.8, 4) is 27.6 Å². The lowest BCUT2D eigenvalue weighted by Gasteiger charge is -2.03. The third-order valence-corrected chi connectivity index (χ3v) is 6.17. The zero-order valence-corrected chi connectivity index (χ0v) is 17.9. The summed E-state index contributed by atoms with van der Waals surface area (Å²) in [6.45, 7) is 0. The molecule has 32 heavy (non-hydrogen) atoms. The highest BCUT2D eigenvalue weighted by Crippen LogP contribution is 2.39. The van der Waals surface area contributed by atoms with Gasteiger partial charge in [-0.2, -0.15) is 0 Å². The summed E-state index contributed by atoms with van der Waals surface area (Å²) in [4.78, 5) is 18.1. The second kappa shape index (κ2) is 7.94. The van der Waals surface area contributed by atoms with Crippen LogP contribution in [-0.2, 0) is 0 Å². The molecule has 0 atom stereocenters. The fraction of sp³-hybridized carbons (Fsp3) is 0.0400. The number of ketones is 1. The Kier molecular flexibility index (Phi) is 4.95. The van der Waals surface area contributed by atoms with Crippen molar-refractivity contribution in [1.82, 2.24) is 9.38 Å². The number of hydrogen-bond donors (Lipinski definition) is 1. The maximum atomic E-state index is 13.3. The Hall–Kier alpha value is -3.97. The highest BCUT2D eigenvalue weighted by atomic mass is 32.1. The number of rotatable bonds is 5. The number of ether oxygens (including phenoxy) is 1. The number of benzene rings is 2. The minimum Gasteiger partial charge on any atom is -0.497 e. The number of fused-ring (bicyclic) bond motifs is 1. The number of halogens is 1. The van der Waals surface area contributed by atoms with Crippen molar-refractivity contribution < 1.29 is 13.9 Å². The third kappa shape index (κ3) is 3.33. The number of nitrogen functional groups attached to an aromatic ring is 1. The van der Waals surface area contributed by atoms with Crippen LogP contribution in [0.1, 0.15) is 16.1 Å². The van der Waals surface area contributed by atoms with Gasteiger partial charge in [-0.15, -0.1) is 11.3 Å². The number of methoxy groups -OCH3 is 1. The molecule has 2 aromatic carbocycles. The van der Waals surface area contributed by atoms with Crippen molar-refractivity contribution in [3.05, 3.63) is 95.4 Å². The van der Waals surface area contributed by atoms with Gasteiger partial charge >= 0.3 is 0 Å². The SMILES string of the molecule is COc1ccc(-c2csc(-c3c(N)c(C(=O)c4ccc(F)cc4)n4ccccc34)n2)cc1. The van der Waals surface area contributed by atoms with Crippen LogP contribution in [0.15, 0.2) is 78.3 Å². The first-order valence-electron chi connectivity index (χ1n) is 9.86. The molecule has 0 aliphatic carbocycles. The van der Waals surface area contributed by atoms with Crippen molar-refractivity contribution in [2.45, 2.75) is 0 Å². The van der Waals surface area contributed by atoms with Gasteiger partial charge in [-0.1, -0.05) is 6.07 Å². The van der Waals surface area contributed by atoms with E-state index in [9.17, 15) is 9.18 Å². The molecule has 0 spiro atoms. The van der Waals surface area contributed by atoms with E-state index in [2.05, 4.69) is 0 Å². The monoisotopic (exact) mass is 443 g/mol. The van der Waals surface area contributed by atoms with Crippen LogP contribution in [0.25, 0.3) is 27.3 Å². The largest absolute Gasteiger partial charge is 0.497 e. The summed E-state index contributed by atoms with van der Waals surface area (Å²) in [6, 6.07) is 18.8. The molecule has 3 aromatic heterocycles. The Balaban J connectivity index is 1.63. The second-order valence-corrected chi connectivity index (χ2v) is 8.05. The molecule has 0 aliphatic rings. The fourth-order valence-corrected chi connectivity index (χ4v) is 4.60. The van der Waals surface area contributed by atoms with E-state index in [4.69, 9.17) is 15.5 Å². The number of anilines is 1. The number of nitrogens with zero attached hydrogens (tertiary/aromatic N) is 2. The van der Waals surface area contributed by atoms with Gasteiger partial charge in [-0.05, 0) is 60.7 Å². The summed E-state index contributed by atoms with van der Waals surface area (Å²) in [5.41, 5.74) is 10.9. The van der Waals surface area contributed by atoms with Gasteiger partial charge in [0, 0.05) is 22.7 Å². The zero-order valence-electron chi connectivity index (χ0n) is 17.1. The standard InChI is InChI=1S/C25H18FN3O2S/c1-31-18-11-7-15(8-12-18)19-14-32-25(28-19)21-20-4-2-3-13-29(20)23(22(21)27)24(30)16-5-9-17(26)10-6-16/h2-14H,27H2,1H3. The molecule has 5 aromatic rings. The van der Waals surface area contributed by atoms with E-state index < -0.39 is 5.82 Å². The minimum absolute atomic E-state index is 0.276. The summed E-state index contributed by atoms with van der Waals surface area (Å²) >= 11 is 1.46. The lowest BCUT2D eigenvalue weighted by molar-refractivity contribution is 0.103. The van der Waals surface area contributed by atoms with Crippen LogP contribution in [0.5, 0.6) is 5.75 Å². The summed E-state index contributed by atoms with van der Waals surface area (Å²) in [6.07, 6.45) is 1.80. The second-order valence-electron chi connectivity index (χ2n) is 7.20. The van der Waals surface area contributed by atoms with Crippen LogP contribution in [-0.4, -0.2) is 22.3 Å². The van der Waals surface area contributed by atoms with Crippen LogP contribution in [0.3, 0.4) is 0 Å². The summed E-state index contributed by atoms with van der Waals surface area (Å²) < 4.78 is 20.3. The summed E-state index contributed by atoms with van der Waals surface area (Å²) in [7, 11) is 1.63. The number of pyridine rings is 1. The molecule has 0 saturated carbocycles. The molecule has 5 nitrogen and oxygen atoms in total. The van der Waals surface area contributed by atoms with E-state index in [0.717, 1.165) is 27.5 Å². The predicted molar refractivity (Wildman–Crippen MR) is 125 cm³/mol. The first kappa shape index (κ1) is 20.0. The van der Waals surface area contributed by atoms with Gasteiger partial charge < -0.3 is 14.9 Å². The normalized spacial score (nSPS) is 11.1. The average Bonchev–Trinajstić information content (AvgIpc) is 3.41. The van der Waals surface area contributed by atoms with Crippen molar-refractivity contribution in [3.63, 3.8) is 0 Å².